The molecule has 0 radical (unpaired) electrons. The number of benzene rings is 2. The van der Waals surface area contributed by atoms with Crippen molar-refractivity contribution in [2.45, 2.75) is 0 Å². The highest BCUT2D eigenvalue weighted by Crippen LogP contribution is 2.28. The zero-order chi connectivity index (χ0) is 19.2. The molecule has 8 heteroatoms. The minimum absolute atomic E-state index is 0.0723. The van der Waals surface area contributed by atoms with Crippen molar-refractivity contribution < 1.29 is 28.6 Å². The van der Waals surface area contributed by atoms with Gasteiger partial charge in [0.1, 0.15) is 11.5 Å². The van der Waals surface area contributed by atoms with E-state index in [1.807, 2.05) is 6.07 Å². The van der Waals surface area contributed by atoms with Gasteiger partial charge in [-0.3, -0.25) is 9.59 Å². The summed E-state index contributed by atoms with van der Waals surface area (Å²) in [7, 11) is 0. The van der Waals surface area contributed by atoms with Crippen molar-refractivity contribution in [3.8, 4) is 17.6 Å². The Morgan fingerprint density at radius 3 is 2.67 bits per heavy atom. The lowest BCUT2D eigenvalue weighted by Gasteiger charge is -2.18. The highest BCUT2D eigenvalue weighted by Gasteiger charge is 2.18. The summed E-state index contributed by atoms with van der Waals surface area (Å²) in [5.74, 6) is -0.563. The summed E-state index contributed by atoms with van der Waals surface area (Å²) in [5, 5.41) is 11.3. The van der Waals surface area contributed by atoms with Gasteiger partial charge < -0.3 is 19.5 Å². The Balaban J connectivity index is 1.49. The third-order valence-electron chi connectivity index (χ3n) is 3.64. The van der Waals surface area contributed by atoms with E-state index in [1.54, 1.807) is 30.3 Å². The molecule has 1 N–H and O–H groups in total. The fourth-order valence-corrected chi connectivity index (χ4v) is 2.30. The van der Waals surface area contributed by atoms with Gasteiger partial charge in [0.05, 0.1) is 17.3 Å². The van der Waals surface area contributed by atoms with Gasteiger partial charge in [0, 0.05) is 5.56 Å². The first kappa shape index (κ1) is 17.9. The number of fused-ring (bicyclic) bond motifs is 1. The number of carbonyl (C=O) groups excluding carboxylic acids is 3. The number of nitrogens with one attached hydrogen (secondary N) is 1. The first-order chi connectivity index (χ1) is 13.0. The topological polar surface area (TPSA) is 115 Å². The van der Waals surface area contributed by atoms with Crippen molar-refractivity contribution in [3.05, 3.63) is 53.6 Å². The number of anilines is 1. The fraction of sp³-hybridized carbons (Fsp3) is 0.158. The average Bonchev–Trinajstić information content (AvgIpc) is 2.70. The fourth-order valence-electron chi connectivity index (χ4n) is 2.30. The summed E-state index contributed by atoms with van der Waals surface area (Å²) < 4.78 is 15.4. The van der Waals surface area contributed by atoms with Gasteiger partial charge in [0.15, 0.2) is 25.6 Å². The van der Waals surface area contributed by atoms with Crippen molar-refractivity contribution in [1.29, 1.82) is 5.26 Å². The SMILES string of the molecule is N#Cc1ccc(OCC(=O)OCC(=O)c2ccc3c(c2)NC(=O)CO3)cc1. The Morgan fingerprint density at radius 1 is 1.15 bits per heavy atom. The normalized spacial score (nSPS) is 12.0. The van der Waals surface area contributed by atoms with Gasteiger partial charge >= 0.3 is 5.97 Å². The lowest BCUT2D eigenvalue weighted by molar-refractivity contribution is -0.144. The van der Waals surface area contributed by atoms with Crippen molar-refractivity contribution in [3.63, 3.8) is 0 Å². The Kier molecular flexibility index (Phi) is 5.33. The van der Waals surface area contributed by atoms with Gasteiger partial charge in [-0.15, -0.1) is 0 Å². The van der Waals surface area contributed by atoms with Gasteiger partial charge in [-0.05, 0) is 42.5 Å². The monoisotopic (exact) mass is 366 g/mol. The maximum Gasteiger partial charge on any atom is 0.344 e. The summed E-state index contributed by atoms with van der Waals surface area (Å²) in [6, 6.07) is 12.8. The Labute approximate surface area is 154 Å². The molecule has 0 atom stereocenters. The van der Waals surface area contributed by atoms with Gasteiger partial charge in [0.25, 0.3) is 5.91 Å². The van der Waals surface area contributed by atoms with Gasteiger partial charge in [-0.1, -0.05) is 0 Å². The van der Waals surface area contributed by atoms with Crippen LogP contribution in [-0.2, 0) is 14.3 Å². The van der Waals surface area contributed by atoms with Crippen molar-refractivity contribution in [2.24, 2.45) is 0 Å². The molecule has 0 unspecified atom stereocenters. The number of carbonyl (C=O) groups is 3. The smallest absolute Gasteiger partial charge is 0.344 e. The summed E-state index contributed by atoms with van der Waals surface area (Å²) >= 11 is 0. The number of amides is 1. The Bertz CT molecular complexity index is 930. The number of nitriles is 1. The van der Waals surface area contributed by atoms with Gasteiger partial charge in [-0.2, -0.15) is 5.26 Å². The number of esters is 1. The van der Waals surface area contributed by atoms with E-state index in [0.29, 0.717) is 22.7 Å². The van der Waals surface area contributed by atoms with E-state index in [2.05, 4.69) is 5.32 Å². The lowest BCUT2D eigenvalue weighted by atomic mass is 10.1. The van der Waals surface area contributed by atoms with E-state index in [0.717, 1.165) is 0 Å². The molecule has 0 bridgehead atoms. The molecule has 0 spiro atoms. The van der Waals surface area contributed by atoms with Crippen LogP contribution in [0.3, 0.4) is 0 Å². The molecular weight excluding hydrogens is 352 g/mol. The molecule has 1 heterocycles. The molecule has 136 valence electrons. The van der Waals surface area contributed by atoms with E-state index in [9.17, 15) is 14.4 Å². The highest BCUT2D eigenvalue weighted by molar-refractivity contribution is 6.01. The third kappa shape index (κ3) is 4.61. The second-order valence-electron chi connectivity index (χ2n) is 5.56. The van der Waals surface area contributed by atoms with Crippen LogP contribution in [0.25, 0.3) is 0 Å². The van der Waals surface area contributed by atoms with Gasteiger partial charge in [0.2, 0.25) is 0 Å². The van der Waals surface area contributed by atoms with Crippen molar-refractivity contribution in [1.82, 2.24) is 0 Å². The number of nitrogens with zero attached hydrogens (tertiary/aromatic N) is 1. The van der Waals surface area contributed by atoms with E-state index < -0.39 is 18.4 Å². The molecule has 1 amide bonds. The van der Waals surface area contributed by atoms with Crippen molar-refractivity contribution >= 4 is 23.3 Å². The van der Waals surface area contributed by atoms with Crippen LogP contribution in [0.1, 0.15) is 15.9 Å². The number of ether oxygens (including phenoxy) is 3. The molecule has 1 aliphatic heterocycles. The van der Waals surface area contributed by atoms with E-state index in [1.165, 1.54) is 12.1 Å². The predicted molar refractivity (Wildman–Crippen MR) is 92.5 cm³/mol. The van der Waals surface area contributed by atoms with Crippen LogP contribution in [0.4, 0.5) is 5.69 Å². The summed E-state index contributed by atoms with van der Waals surface area (Å²) in [6.07, 6.45) is 0. The second kappa shape index (κ2) is 8.01. The average molecular weight is 366 g/mol. The molecule has 0 aliphatic carbocycles. The third-order valence-corrected chi connectivity index (χ3v) is 3.64. The van der Waals surface area contributed by atoms with E-state index in [-0.39, 0.29) is 24.7 Å². The quantitative estimate of drug-likeness (QED) is 0.611. The van der Waals surface area contributed by atoms with Crippen LogP contribution in [-0.4, -0.2) is 37.5 Å². The van der Waals surface area contributed by atoms with Crippen LogP contribution in [0.2, 0.25) is 0 Å². The van der Waals surface area contributed by atoms with Crippen LogP contribution >= 0.6 is 0 Å². The second-order valence-corrected chi connectivity index (χ2v) is 5.56. The summed E-state index contributed by atoms with van der Waals surface area (Å²) in [5.41, 5.74) is 1.15. The molecule has 0 saturated carbocycles. The minimum Gasteiger partial charge on any atom is -0.482 e. The molecule has 1 aliphatic rings. The zero-order valence-corrected chi connectivity index (χ0v) is 14.1. The number of hydrogen-bond donors (Lipinski definition) is 1. The Morgan fingerprint density at radius 2 is 1.93 bits per heavy atom. The molecule has 2 aromatic carbocycles. The van der Waals surface area contributed by atoms with Gasteiger partial charge in [-0.25, -0.2) is 4.79 Å². The van der Waals surface area contributed by atoms with E-state index in [4.69, 9.17) is 19.5 Å². The summed E-state index contributed by atoms with van der Waals surface area (Å²) in [6.45, 7) is -0.895. The van der Waals surface area contributed by atoms with E-state index >= 15 is 0 Å². The molecule has 2 aromatic rings. The van der Waals surface area contributed by atoms with Crippen LogP contribution in [0.5, 0.6) is 11.5 Å². The number of ketones is 1. The summed E-state index contributed by atoms with van der Waals surface area (Å²) in [4.78, 5) is 35.2. The van der Waals surface area contributed by atoms with Crippen LogP contribution in [0, 0.1) is 11.3 Å². The molecule has 0 fully saturated rings. The predicted octanol–water partition coefficient (Wildman–Crippen LogP) is 1.69. The zero-order valence-electron chi connectivity index (χ0n) is 14.1. The molecule has 8 nitrogen and oxygen atoms in total. The number of rotatable bonds is 6. The first-order valence-electron chi connectivity index (χ1n) is 7.93. The molecular formula is C19H14N2O6. The molecule has 0 saturated heterocycles. The maximum atomic E-state index is 12.2. The van der Waals surface area contributed by atoms with Crippen molar-refractivity contribution in [2.75, 3.05) is 25.1 Å². The lowest BCUT2D eigenvalue weighted by Crippen LogP contribution is -2.25. The van der Waals surface area contributed by atoms with Crippen LogP contribution in [0.15, 0.2) is 42.5 Å². The minimum atomic E-state index is -0.706. The number of hydrogen-bond acceptors (Lipinski definition) is 7. The standard InChI is InChI=1S/C19H14N2O6/c20-8-12-1-4-14(5-2-12)25-11-19(24)27-9-16(22)13-3-6-17-15(7-13)21-18(23)10-26-17/h1-7H,9-11H2,(H,21,23). The first-order valence-corrected chi connectivity index (χ1v) is 7.93. The molecule has 27 heavy (non-hydrogen) atoms. The largest absolute Gasteiger partial charge is 0.482 e. The maximum absolute atomic E-state index is 12.2. The molecule has 0 aromatic heterocycles. The number of Topliss-reactive ketones (excluding diaryl/α,β-unsaturated/α-hetero) is 1. The highest BCUT2D eigenvalue weighted by atomic mass is 16.6. The van der Waals surface area contributed by atoms with Crippen LogP contribution < -0.4 is 14.8 Å². The molecule has 3 rings (SSSR count). The Hall–Kier alpha value is -3.86.